The van der Waals surface area contributed by atoms with Gasteiger partial charge < -0.3 is 14.9 Å². The average molecular weight is 231 g/mol. The molecule has 2 N–H and O–H groups in total. The first-order valence-electron chi connectivity index (χ1n) is 5.61. The zero-order chi connectivity index (χ0) is 11.3. The number of ether oxygens (including phenoxy) is 1. The topological polar surface area (TPSA) is 61.5 Å². The van der Waals surface area contributed by atoms with Crippen molar-refractivity contribution in [3.8, 4) is 0 Å². The van der Waals surface area contributed by atoms with E-state index in [9.17, 15) is 4.79 Å². The Morgan fingerprint density at radius 3 is 2.87 bits per heavy atom. The molecular formula is C10H21NO3Si. The number of carbonyl (C=O) groups excluding carboxylic acids is 1. The first-order chi connectivity index (χ1) is 7.10. The molecular weight excluding hydrogens is 210 g/mol. The van der Waals surface area contributed by atoms with Gasteiger partial charge in [0.1, 0.15) is 6.61 Å². The molecule has 0 aromatic heterocycles. The van der Waals surface area contributed by atoms with E-state index in [2.05, 4.69) is 6.55 Å². The van der Waals surface area contributed by atoms with Crippen molar-refractivity contribution in [2.75, 3.05) is 19.8 Å². The SMILES string of the molecule is CC(C(=O)OCCN)[Si]1(C)CCCCO1. The Morgan fingerprint density at radius 1 is 1.60 bits per heavy atom. The molecule has 1 heterocycles. The van der Waals surface area contributed by atoms with Gasteiger partial charge in [0.05, 0.1) is 5.54 Å². The van der Waals surface area contributed by atoms with Crippen LogP contribution >= 0.6 is 0 Å². The number of rotatable bonds is 4. The van der Waals surface area contributed by atoms with E-state index in [1.165, 1.54) is 6.42 Å². The molecule has 1 aliphatic rings. The van der Waals surface area contributed by atoms with Gasteiger partial charge in [0, 0.05) is 13.2 Å². The predicted octanol–water partition coefficient (Wildman–Crippen LogP) is 1.26. The van der Waals surface area contributed by atoms with Gasteiger partial charge in [-0.1, -0.05) is 13.3 Å². The van der Waals surface area contributed by atoms with E-state index in [1.807, 2.05) is 6.92 Å². The van der Waals surface area contributed by atoms with Gasteiger partial charge in [-0.15, -0.1) is 0 Å². The van der Waals surface area contributed by atoms with Crippen molar-refractivity contribution in [2.45, 2.75) is 37.9 Å². The Kier molecular flexibility index (Phi) is 4.75. The first-order valence-corrected chi connectivity index (χ1v) is 8.30. The van der Waals surface area contributed by atoms with E-state index in [0.29, 0.717) is 13.2 Å². The smallest absolute Gasteiger partial charge is 0.308 e. The fraction of sp³-hybridized carbons (Fsp3) is 0.900. The lowest BCUT2D eigenvalue weighted by atomic mass is 10.4. The summed E-state index contributed by atoms with van der Waals surface area (Å²) in [6.45, 7) is 5.55. The minimum atomic E-state index is -1.87. The second-order valence-corrected chi connectivity index (χ2v) is 8.58. The molecule has 0 aliphatic carbocycles. The van der Waals surface area contributed by atoms with E-state index in [-0.39, 0.29) is 11.5 Å². The zero-order valence-electron chi connectivity index (χ0n) is 9.62. The van der Waals surface area contributed by atoms with Crippen molar-refractivity contribution in [1.29, 1.82) is 0 Å². The van der Waals surface area contributed by atoms with Gasteiger partial charge in [-0.05, 0) is 19.0 Å². The van der Waals surface area contributed by atoms with Crippen LogP contribution in [-0.2, 0) is 14.0 Å². The first kappa shape index (κ1) is 12.7. The molecule has 0 amide bonds. The van der Waals surface area contributed by atoms with Crippen molar-refractivity contribution < 1.29 is 14.0 Å². The van der Waals surface area contributed by atoms with Crippen molar-refractivity contribution >= 4 is 14.3 Å². The molecule has 0 bridgehead atoms. The number of hydrogen-bond donors (Lipinski definition) is 1. The summed E-state index contributed by atoms with van der Waals surface area (Å²) < 4.78 is 10.9. The molecule has 0 aromatic rings. The van der Waals surface area contributed by atoms with Crippen molar-refractivity contribution in [2.24, 2.45) is 5.73 Å². The Labute approximate surface area is 92.3 Å². The van der Waals surface area contributed by atoms with Crippen LogP contribution in [0.2, 0.25) is 18.1 Å². The molecule has 0 aromatic carbocycles. The summed E-state index contributed by atoms with van der Waals surface area (Å²) in [6.07, 6.45) is 2.30. The zero-order valence-corrected chi connectivity index (χ0v) is 10.6. The number of hydrogen-bond acceptors (Lipinski definition) is 4. The van der Waals surface area contributed by atoms with Crippen molar-refractivity contribution in [3.63, 3.8) is 0 Å². The highest BCUT2D eigenvalue weighted by Crippen LogP contribution is 2.32. The summed E-state index contributed by atoms with van der Waals surface area (Å²) in [4.78, 5) is 11.7. The fourth-order valence-electron chi connectivity index (χ4n) is 1.83. The van der Waals surface area contributed by atoms with Crippen molar-refractivity contribution in [3.05, 3.63) is 0 Å². The lowest BCUT2D eigenvalue weighted by Gasteiger charge is -2.35. The Morgan fingerprint density at radius 2 is 2.33 bits per heavy atom. The lowest BCUT2D eigenvalue weighted by Crippen LogP contribution is -2.45. The van der Waals surface area contributed by atoms with Crippen LogP contribution in [0.1, 0.15) is 19.8 Å². The molecule has 1 rings (SSSR count). The van der Waals surface area contributed by atoms with Gasteiger partial charge in [-0.2, -0.15) is 0 Å². The highest BCUT2D eigenvalue weighted by Gasteiger charge is 2.42. The van der Waals surface area contributed by atoms with Crippen LogP contribution in [0.15, 0.2) is 0 Å². The summed E-state index contributed by atoms with van der Waals surface area (Å²) in [6, 6.07) is 1.06. The number of esters is 1. The van der Waals surface area contributed by atoms with Gasteiger partial charge in [-0.3, -0.25) is 4.79 Å². The van der Waals surface area contributed by atoms with Gasteiger partial charge in [0.15, 0.2) is 0 Å². The summed E-state index contributed by atoms with van der Waals surface area (Å²) in [5.74, 6) is -0.142. The monoisotopic (exact) mass is 231 g/mol. The molecule has 2 unspecified atom stereocenters. The van der Waals surface area contributed by atoms with Crippen LogP contribution in [0, 0.1) is 0 Å². The minimum absolute atomic E-state index is 0.0793. The standard InChI is InChI=1S/C10H21NO3Si/c1-9(10(12)13-7-5-11)15(2)8-4-3-6-14-15/h9H,3-8,11H2,1-2H3. The second-order valence-electron chi connectivity index (χ2n) is 4.30. The van der Waals surface area contributed by atoms with Crippen LogP contribution in [0.25, 0.3) is 0 Å². The molecule has 0 radical (unpaired) electrons. The summed E-state index contributed by atoms with van der Waals surface area (Å²) in [5.41, 5.74) is 5.21. The number of nitrogens with two attached hydrogens (primary N) is 1. The lowest BCUT2D eigenvalue weighted by molar-refractivity contribution is -0.143. The predicted molar refractivity (Wildman–Crippen MR) is 61.0 cm³/mol. The largest absolute Gasteiger partial charge is 0.464 e. The normalized spacial score (nSPS) is 28.5. The Balaban J connectivity index is 2.49. The van der Waals surface area contributed by atoms with Crippen LogP contribution in [0.4, 0.5) is 0 Å². The quantitative estimate of drug-likeness (QED) is 0.584. The molecule has 15 heavy (non-hydrogen) atoms. The van der Waals surface area contributed by atoms with Gasteiger partial charge in [-0.25, -0.2) is 0 Å². The summed E-state index contributed by atoms with van der Waals surface area (Å²) in [7, 11) is -1.87. The van der Waals surface area contributed by atoms with E-state index in [4.69, 9.17) is 14.9 Å². The molecule has 4 nitrogen and oxygen atoms in total. The molecule has 0 saturated carbocycles. The molecule has 1 fully saturated rings. The van der Waals surface area contributed by atoms with Crippen LogP contribution < -0.4 is 5.73 Å². The summed E-state index contributed by atoms with van der Waals surface area (Å²) in [5, 5.41) is 0. The Bertz CT molecular complexity index is 217. The maximum atomic E-state index is 11.7. The summed E-state index contributed by atoms with van der Waals surface area (Å²) >= 11 is 0. The fourth-order valence-corrected chi connectivity index (χ4v) is 4.80. The number of carbonyl (C=O) groups is 1. The van der Waals surface area contributed by atoms with Crippen molar-refractivity contribution in [1.82, 2.24) is 0 Å². The van der Waals surface area contributed by atoms with E-state index < -0.39 is 8.32 Å². The maximum Gasteiger partial charge on any atom is 0.308 e. The van der Waals surface area contributed by atoms with Crippen LogP contribution in [-0.4, -0.2) is 34.0 Å². The van der Waals surface area contributed by atoms with Crippen LogP contribution in [0.5, 0.6) is 0 Å². The highest BCUT2D eigenvalue weighted by atomic mass is 28.4. The van der Waals surface area contributed by atoms with E-state index in [1.54, 1.807) is 0 Å². The molecule has 88 valence electrons. The van der Waals surface area contributed by atoms with Crippen LogP contribution in [0.3, 0.4) is 0 Å². The second kappa shape index (κ2) is 5.63. The molecule has 1 aliphatic heterocycles. The van der Waals surface area contributed by atoms with E-state index in [0.717, 1.165) is 19.1 Å². The minimum Gasteiger partial charge on any atom is -0.464 e. The van der Waals surface area contributed by atoms with E-state index >= 15 is 0 Å². The molecule has 2 atom stereocenters. The third kappa shape index (κ3) is 3.29. The Hall–Kier alpha value is -0.393. The average Bonchev–Trinajstić information content (AvgIpc) is 2.26. The third-order valence-electron chi connectivity index (χ3n) is 3.13. The third-order valence-corrected chi connectivity index (χ3v) is 7.41. The molecule has 1 saturated heterocycles. The van der Waals surface area contributed by atoms with Gasteiger partial charge in [0.25, 0.3) is 0 Å². The highest BCUT2D eigenvalue weighted by molar-refractivity contribution is 6.77. The molecule has 0 spiro atoms. The molecule has 5 heteroatoms. The van der Waals surface area contributed by atoms with Gasteiger partial charge in [0.2, 0.25) is 8.32 Å². The maximum absolute atomic E-state index is 11.7. The van der Waals surface area contributed by atoms with Gasteiger partial charge >= 0.3 is 5.97 Å².